The van der Waals surface area contributed by atoms with Gasteiger partial charge in [0.05, 0.1) is 15.3 Å². The van der Waals surface area contributed by atoms with Crippen molar-refractivity contribution >= 4 is 39.2 Å². The molecule has 0 saturated carbocycles. The Kier molecular flexibility index (Phi) is 3.39. The first-order chi connectivity index (χ1) is 10.7. The van der Waals surface area contributed by atoms with E-state index in [1.165, 1.54) is 11.5 Å². The molecule has 110 valence electrons. The number of hydrogen-bond acceptors (Lipinski definition) is 4. The highest BCUT2D eigenvalue weighted by Crippen LogP contribution is 2.38. The van der Waals surface area contributed by atoms with Gasteiger partial charge >= 0.3 is 0 Å². The van der Waals surface area contributed by atoms with Crippen LogP contribution in [0.25, 0.3) is 10.1 Å². The van der Waals surface area contributed by atoms with E-state index in [9.17, 15) is 9.59 Å². The van der Waals surface area contributed by atoms with Crippen molar-refractivity contribution in [3.8, 4) is 0 Å². The number of carbonyl (C=O) groups is 1. The van der Waals surface area contributed by atoms with E-state index in [1.807, 2.05) is 48.5 Å². The maximum absolute atomic E-state index is 12.4. The molecule has 5 heteroatoms. The third-order valence-electron chi connectivity index (χ3n) is 3.86. The average Bonchev–Trinajstić information content (AvgIpc) is 3.04. The van der Waals surface area contributed by atoms with Crippen LogP contribution in [-0.4, -0.2) is 15.0 Å². The van der Waals surface area contributed by atoms with E-state index in [0.717, 1.165) is 20.5 Å². The molecular weight excluding hydrogens is 314 g/mol. The molecule has 0 saturated heterocycles. The Morgan fingerprint density at radius 3 is 2.59 bits per heavy atom. The van der Waals surface area contributed by atoms with E-state index >= 15 is 0 Å². The number of Topliss-reactive ketones (excluding diaryl/α,β-unsaturated/α-hetero) is 1. The third kappa shape index (κ3) is 2.21. The summed E-state index contributed by atoms with van der Waals surface area (Å²) in [6.07, 6.45) is 0.685. The zero-order valence-electron chi connectivity index (χ0n) is 11.7. The van der Waals surface area contributed by atoms with Crippen LogP contribution in [0, 0.1) is 0 Å². The van der Waals surface area contributed by atoms with Crippen LogP contribution in [0.3, 0.4) is 0 Å². The summed E-state index contributed by atoms with van der Waals surface area (Å²) in [5.74, 6) is 0.190. The molecule has 0 spiro atoms. The van der Waals surface area contributed by atoms with Crippen molar-refractivity contribution in [1.29, 1.82) is 0 Å². The lowest BCUT2D eigenvalue weighted by Gasteiger charge is -2.06. The van der Waals surface area contributed by atoms with Gasteiger partial charge in [0.1, 0.15) is 0 Å². The number of ketones is 1. The molecule has 1 aliphatic heterocycles. The lowest BCUT2D eigenvalue weighted by Crippen LogP contribution is -2.19. The smallest absolute Gasteiger partial charge is 0.268 e. The van der Waals surface area contributed by atoms with Gasteiger partial charge < -0.3 is 0 Å². The van der Waals surface area contributed by atoms with Gasteiger partial charge in [0.15, 0.2) is 5.78 Å². The van der Waals surface area contributed by atoms with Gasteiger partial charge in [-0.05, 0) is 24.6 Å². The Morgan fingerprint density at radius 2 is 1.77 bits per heavy atom. The first-order valence-electron chi connectivity index (χ1n) is 7.13. The summed E-state index contributed by atoms with van der Waals surface area (Å²) in [5.41, 5.74) is 0.870. The summed E-state index contributed by atoms with van der Waals surface area (Å²) in [5, 5.41) is 0.690. The van der Waals surface area contributed by atoms with E-state index in [0.29, 0.717) is 13.0 Å². The van der Waals surface area contributed by atoms with Crippen LogP contribution in [0.4, 0.5) is 0 Å². The van der Waals surface area contributed by atoms with Crippen molar-refractivity contribution < 1.29 is 4.79 Å². The van der Waals surface area contributed by atoms with Gasteiger partial charge in [-0.1, -0.05) is 41.9 Å². The normalized spacial score (nSPS) is 17.1. The fourth-order valence-electron chi connectivity index (χ4n) is 2.74. The van der Waals surface area contributed by atoms with Crippen molar-refractivity contribution in [3.05, 3.63) is 64.4 Å². The van der Waals surface area contributed by atoms with Gasteiger partial charge in [-0.3, -0.25) is 13.5 Å². The second kappa shape index (κ2) is 5.41. The second-order valence-corrected chi connectivity index (χ2v) is 7.56. The van der Waals surface area contributed by atoms with E-state index in [2.05, 4.69) is 0 Å². The number of hydrogen-bond donors (Lipinski definition) is 0. The van der Waals surface area contributed by atoms with E-state index < -0.39 is 0 Å². The van der Waals surface area contributed by atoms with Crippen molar-refractivity contribution in [1.82, 2.24) is 3.96 Å². The Labute approximate surface area is 135 Å². The fraction of sp³-hybridized carbons (Fsp3) is 0.176. The van der Waals surface area contributed by atoms with Gasteiger partial charge in [0.25, 0.3) is 5.56 Å². The minimum Gasteiger partial charge on any atom is -0.293 e. The minimum atomic E-state index is -0.0745. The molecule has 3 nitrogen and oxygen atoms in total. The molecular formula is C17H13NO2S2. The Hall–Kier alpha value is -1.85. The molecule has 0 bridgehead atoms. The molecule has 0 radical (unpaired) electrons. The molecule has 0 aliphatic carbocycles. The molecule has 0 N–H and O–H groups in total. The molecule has 2 aromatic carbocycles. The molecule has 1 aliphatic rings. The fourth-order valence-corrected chi connectivity index (χ4v) is 4.97. The lowest BCUT2D eigenvalue weighted by atomic mass is 10.1. The van der Waals surface area contributed by atoms with Crippen molar-refractivity contribution in [2.45, 2.75) is 23.1 Å². The quantitative estimate of drug-likeness (QED) is 0.734. The summed E-state index contributed by atoms with van der Waals surface area (Å²) >= 11 is 3.09. The van der Waals surface area contributed by atoms with Crippen LogP contribution in [0.15, 0.2) is 58.2 Å². The standard InChI is InChI=1S/C17H13NO2S2/c19-16-11-5-1-3-7-13(11)21-15(16)9-10-18-17(20)12-6-2-4-8-14(12)22-18/h1-8,15H,9-10H2. The van der Waals surface area contributed by atoms with Gasteiger partial charge in [-0.15, -0.1) is 11.8 Å². The highest BCUT2D eigenvalue weighted by Gasteiger charge is 2.30. The SMILES string of the molecule is O=C1c2ccccc2SC1CCn1sc2ccccc2c1=O. The number of carbonyl (C=O) groups excluding carboxylic acids is 1. The number of thioether (sulfide) groups is 1. The van der Waals surface area contributed by atoms with Crippen LogP contribution in [0.5, 0.6) is 0 Å². The van der Waals surface area contributed by atoms with Crippen molar-refractivity contribution in [2.24, 2.45) is 0 Å². The topological polar surface area (TPSA) is 39.1 Å². The number of rotatable bonds is 3. The number of benzene rings is 2. The van der Waals surface area contributed by atoms with Crippen LogP contribution in [0.1, 0.15) is 16.8 Å². The molecule has 4 rings (SSSR count). The average molecular weight is 327 g/mol. The third-order valence-corrected chi connectivity index (χ3v) is 6.33. The van der Waals surface area contributed by atoms with Gasteiger partial charge in [-0.2, -0.15) is 0 Å². The minimum absolute atomic E-state index is 0.0496. The summed E-state index contributed by atoms with van der Waals surface area (Å²) in [6.45, 7) is 0.593. The largest absolute Gasteiger partial charge is 0.293 e. The van der Waals surface area contributed by atoms with Crippen LogP contribution in [-0.2, 0) is 6.54 Å². The summed E-state index contributed by atoms with van der Waals surface area (Å²) < 4.78 is 2.77. The Morgan fingerprint density at radius 1 is 1.00 bits per heavy atom. The summed E-state index contributed by atoms with van der Waals surface area (Å²) in [6, 6.07) is 15.4. The van der Waals surface area contributed by atoms with E-state index in [1.54, 1.807) is 15.7 Å². The van der Waals surface area contributed by atoms with Crippen molar-refractivity contribution in [2.75, 3.05) is 0 Å². The van der Waals surface area contributed by atoms with Crippen LogP contribution in [0.2, 0.25) is 0 Å². The monoisotopic (exact) mass is 327 g/mol. The zero-order chi connectivity index (χ0) is 15.1. The molecule has 0 fully saturated rings. The van der Waals surface area contributed by atoms with Crippen LogP contribution < -0.4 is 5.56 Å². The molecule has 22 heavy (non-hydrogen) atoms. The lowest BCUT2D eigenvalue weighted by molar-refractivity contribution is 0.0987. The van der Waals surface area contributed by atoms with E-state index in [-0.39, 0.29) is 16.6 Å². The maximum atomic E-state index is 12.4. The molecule has 2 heterocycles. The van der Waals surface area contributed by atoms with Gasteiger partial charge in [0, 0.05) is 17.0 Å². The number of aryl methyl sites for hydroxylation is 1. The summed E-state index contributed by atoms with van der Waals surface area (Å²) in [4.78, 5) is 25.7. The highest BCUT2D eigenvalue weighted by molar-refractivity contribution is 8.01. The Balaban J connectivity index is 1.55. The predicted molar refractivity (Wildman–Crippen MR) is 91.1 cm³/mol. The highest BCUT2D eigenvalue weighted by atomic mass is 32.2. The number of fused-ring (bicyclic) bond motifs is 2. The molecule has 1 atom stereocenters. The maximum Gasteiger partial charge on any atom is 0.268 e. The zero-order valence-corrected chi connectivity index (χ0v) is 13.3. The molecule has 1 unspecified atom stereocenters. The second-order valence-electron chi connectivity index (χ2n) is 5.25. The first-order valence-corrected chi connectivity index (χ1v) is 8.78. The molecule has 1 aromatic heterocycles. The van der Waals surface area contributed by atoms with Crippen molar-refractivity contribution in [3.63, 3.8) is 0 Å². The van der Waals surface area contributed by atoms with Gasteiger partial charge in [-0.25, -0.2) is 0 Å². The number of aromatic nitrogens is 1. The first kappa shape index (κ1) is 13.8. The van der Waals surface area contributed by atoms with E-state index in [4.69, 9.17) is 0 Å². The van der Waals surface area contributed by atoms with Gasteiger partial charge in [0.2, 0.25) is 0 Å². The van der Waals surface area contributed by atoms with Crippen LogP contribution >= 0.6 is 23.3 Å². The predicted octanol–water partition coefficient (Wildman–Crippen LogP) is 3.81. The molecule has 3 aromatic rings. The Bertz CT molecular complexity index is 926. The molecule has 0 amide bonds. The summed E-state index contributed by atoms with van der Waals surface area (Å²) in [7, 11) is 0. The number of nitrogens with zero attached hydrogens (tertiary/aromatic N) is 1.